The highest BCUT2D eigenvalue weighted by Crippen LogP contribution is 2.51. The molecule has 298 valence electrons. The molecular formula is C57H45N5. The molecule has 6 aromatic carbocycles. The minimum atomic E-state index is -0.272. The fourth-order valence-corrected chi connectivity index (χ4v) is 11.3. The van der Waals surface area contributed by atoms with Crippen molar-refractivity contribution in [1.82, 2.24) is 9.88 Å². The van der Waals surface area contributed by atoms with Gasteiger partial charge in [-0.3, -0.25) is 0 Å². The van der Waals surface area contributed by atoms with Crippen LogP contribution in [-0.4, -0.2) is 22.3 Å². The van der Waals surface area contributed by atoms with E-state index in [1.165, 1.54) is 77.7 Å². The fraction of sp³-hybridized carbons (Fsp3) is 0.158. The zero-order chi connectivity index (χ0) is 40.7. The molecule has 3 heterocycles. The Balaban J connectivity index is 1.04. The van der Waals surface area contributed by atoms with E-state index in [1.54, 1.807) is 0 Å². The molecule has 13 rings (SSSR count). The lowest BCUT2D eigenvalue weighted by atomic mass is 9.88. The molecule has 3 unspecified atom stereocenters. The van der Waals surface area contributed by atoms with Gasteiger partial charge in [-0.05, 0) is 78.1 Å². The Morgan fingerprint density at radius 3 is 2.42 bits per heavy atom. The van der Waals surface area contributed by atoms with Crippen LogP contribution in [0.15, 0.2) is 185 Å². The number of hydrogen-bond donors (Lipinski definition) is 1. The summed E-state index contributed by atoms with van der Waals surface area (Å²) in [7, 11) is 0. The minimum Gasteiger partial charge on any atom is -0.344 e. The first-order valence-corrected chi connectivity index (χ1v) is 22.4. The molecule has 7 aromatic rings. The van der Waals surface area contributed by atoms with Crippen molar-refractivity contribution >= 4 is 62.0 Å². The average Bonchev–Trinajstić information content (AvgIpc) is 3.85. The predicted octanol–water partition coefficient (Wildman–Crippen LogP) is 12.9. The number of fused-ring (bicyclic) bond motifs is 8. The van der Waals surface area contributed by atoms with E-state index in [2.05, 4.69) is 191 Å². The van der Waals surface area contributed by atoms with Crippen molar-refractivity contribution in [3.8, 4) is 5.69 Å². The van der Waals surface area contributed by atoms with Gasteiger partial charge in [-0.15, -0.1) is 0 Å². The first kappa shape index (κ1) is 35.5. The Labute approximate surface area is 361 Å². The molecule has 2 aliphatic heterocycles. The van der Waals surface area contributed by atoms with Crippen LogP contribution in [0.1, 0.15) is 70.9 Å². The van der Waals surface area contributed by atoms with E-state index in [0.717, 1.165) is 66.7 Å². The summed E-state index contributed by atoms with van der Waals surface area (Å²) in [5, 5.41) is 10.0. The summed E-state index contributed by atoms with van der Waals surface area (Å²) >= 11 is 0. The average molecular weight is 800 g/mol. The normalized spacial score (nSPS) is 20.9. The summed E-state index contributed by atoms with van der Waals surface area (Å²) in [4.78, 5) is 13.5. The summed E-state index contributed by atoms with van der Waals surface area (Å²) in [5.74, 6) is 1.93. The van der Waals surface area contributed by atoms with E-state index in [4.69, 9.17) is 9.98 Å². The smallest absolute Gasteiger partial charge is 0.160 e. The van der Waals surface area contributed by atoms with Crippen LogP contribution in [0.3, 0.4) is 0 Å². The van der Waals surface area contributed by atoms with Gasteiger partial charge >= 0.3 is 0 Å². The zero-order valence-electron chi connectivity index (χ0n) is 34.5. The third-order valence-electron chi connectivity index (χ3n) is 14.0. The maximum absolute atomic E-state index is 5.48. The van der Waals surface area contributed by atoms with Crippen LogP contribution in [0.25, 0.3) is 50.3 Å². The number of aromatic nitrogens is 1. The molecule has 1 aromatic heterocycles. The molecule has 0 radical (unpaired) electrons. The fourth-order valence-electron chi connectivity index (χ4n) is 11.3. The molecule has 5 heteroatoms. The number of rotatable bonds is 5. The molecule has 0 saturated carbocycles. The van der Waals surface area contributed by atoms with Gasteiger partial charge < -0.3 is 14.8 Å². The van der Waals surface area contributed by atoms with Crippen LogP contribution in [0.4, 0.5) is 5.69 Å². The second-order valence-electron chi connectivity index (χ2n) is 17.3. The third-order valence-corrected chi connectivity index (χ3v) is 14.0. The first-order chi connectivity index (χ1) is 30.8. The van der Waals surface area contributed by atoms with Gasteiger partial charge in [0, 0.05) is 55.7 Å². The molecule has 0 fully saturated rings. The van der Waals surface area contributed by atoms with Crippen molar-refractivity contribution in [2.75, 3.05) is 4.90 Å². The Hall–Kier alpha value is -7.24. The summed E-state index contributed by atoms with van der Waals surface area (Å²) in [6.45, 7) is 0. The lowest BCUT2D eigenvalue weighted by molar-refractivity contribution is 0.664. The van der Waals surface area contributed by atoms with Gasteiger partial charge in [0.05, 0.1) is 22.9 Å². The molecule has 62 heavy (non-hydrogen) atoms. The highest BCUT2D eigenvalue weighted by molar-refractivity contribution is 6.19. The van der Waals surface area contributed by atoms with Gasteiger partial charge in [-0.25, -0.2) is 9.98 Å². The maximum atomic E-state index is 5.48. The van der Waals surface area contributed by atoms with Gasteiger partial charge in [0.25, 0.3) is 0 Å². The largest absolute Gasteiger partial charge is 0.344 e. The van der Waals surface area contributed by atoms with Crippen molar-refractivity contribution in [3.05, 3.63) is 214 Å². The second kappa shape index (κ2) is 14.2. The van der Waals surface area contributed by atoms with Crippen LogP contribution in [0.5, 0.6) is 0 Å². The lowest BCUT2D eigenvalue weighted by Crippen LogP contribution is -2.34. The monoisotopic (exact) mass is 799 g/mol. The van der Waals surface area contributed by atoms with E-state index in [1.807, 2.05) is 0 Å². The number of amidine groups is 2. The van der Waals surface area contributed by atoms with Gasteiger partial charge in [0.1, 0.15) is 12.0 Å². The number of nitrogens with one attached hydrogen (secondary N) is 1. The van der Waals surface area contributed by atoms with Crippen molar-refractivity contribution in [1.29, 1.82) is 0 Å². The van der Waals surface area contributed by atoms with Gasteiger partial charge in [-0.2, -0.15) is 0 Å². The summed E-state index contributed by atoms with van der Waals surface area (Å²) in [6.07, 6.45) is 29.3. The molecule has 0 spiro atoms. The highest BCUT2D eigenvalue weighted by Gasteiger charge is 2.41. The van der Waals surface area contributed by atoms with Crippen LogP contribution in [0, 0.1) is 5.92 Å². The van der Waals surface area contributed by atoms with Crippen LogP contribution in [-0.2, 0) is 12.8 Å². The van der Waals surface area contributed by atoms with Crippen LogP contribution in [0.2, 0.25) is 0 Å². The van der Waals surface area contributed by atoms with Crippen LogP contribution >= 0.6 is 0 Å². The van der Waals surface area contributed by atoms with E-state index in [9.17, 15) is 0 Å². The standard InChI is InChI=1S/C57H45N5/c1-2-18-37(19-3-1)55-58-56(45-29-14-21-36-17-4-6-22-39(36)45)60-57(59-55)46-30-15-28-42-41(46)27-16-34-48(42)61-51-33-13-10-26-47(51)53-52(61)35-38-20-5-7-23-40(38)54(53)62-49-31-11-8-24-43(49)44-25-9-12-32-50(44)62/h1-5,7-11,14-21,23-31,34-35,43,49,56H,6,12-13,22,32-33H2,(H,58,59,60). The van der Waals surface area contributed by atoms with Crippen molar-refractivity contribution in [2.24, 2.45) is 15.9 Å². The molecule has 0 saturated heterocycles. The first-order valence-electron chi connectivity index (χ1n) is 22.4. The molecule has 5 nitrogen and oxygen atoms in total. The summed E-state index contributed by atoms with van der Waals surface area (Å²) in [6, 6.07) is 42.4. The maximum Gasteiger partial charge on any atom is 0.160 e. The summed E-state index contributed by atoms with van der Waals surface area (Å²) in [5.41, 5.74) is 15.4. The number of benzene rings is 6. The van der Waals surface area contributed by atoms with Crippen molar-refractivity contribution in [3.63, 3.8) is 0 Å². The van der Waals surface area contributed by atoms with Gasteiger partial charge in [0.2, 0.25) is 0 Å². The molecule has 0 bridgehead atoms. The number of aliphatic imine (C=N–C) groups is 2. The van der Waals surface area contributed by atoms with Gasteiger partial charge in [-0.1, -0.05) is 164 Å². The predicted molar refractivity (Wildman–Crippen MR) is 258 cm³/mol. The number of anilines is 1. The summed E-state index contributed by atoms with van der Waals surface area (Å²) < 4.78 is 2.60. The van der Waals surface area contributed by atoms with E-state index in [0.29, 0.717) is 5.92 Å². The van der Waals surface area contributed by atoms with E-state index < -0.39 is 0 Å². The molecule has 6 aliphatic rings. The molecule has 0 amide bonds. The highest BCUT2D eigenvalue weighted by atomic mass is 15.2. The molecular weight excluding hydrogens is 755 g/mol. The molecule has 4 aliphatic carbocycles. The van der Waals surface area contributed by atoms with Crippen molar-refractivity contribution in [2.45, 2.75) is 50.7 Å². The number of nitrogens with zero attached hydrogens (tertiary/aromatic N) is 4. The second-order valence-corrected chi connectivity index (χ2v) is 17.3. The lowest BCUT2D eigenvalue weighted by Gasteiger charge is -2.33. The topological polar surface area (TPSA) is 44.9 Å². The Kier molecular flexibility index (Phi) is 8.12. The Morgan fingerprint density at radius 1 is 0.661 bits per heavy atom. The van der Waals surface area contributed by atoms with E-state index in [-0.39, 0.29) is 12.2 Å². The SMILES string of the molecule is C1=CC2C3=C(CCC=C3)N(c3c4ccccc4cc4c3c3c(n4-c4cccc5c(C6=NC(c7cccc8c7CCC=C8)NC(c7ccccc7)=N6)cccc45)CCC=C3)C2C=C1. The van der Waals surface area contributed by atoms with E-state index >= 15 is 0 Å². The molecule has 3 atom stereocenters. The zero-order valence-corrected chi connectivity index (χ0v) is 34.5. The minimum absolute atomic E-state index is 0.238. The van der Waals surface area contributed by atoms with Crippen molar-refractivity contribution < 1.29 is 0 Å². The van der Waals surface area contributed by atoms with Gasteiger partial charge in [0.15, 0.2) is 5.84 Å². The van der Waals surface area contributed by atoms with Crippen LogP contribution < -0.4 is 10.2 Å². The molecule has 1 N–H and O–H groups in total. The Bertz CT molecular complexity index is 3290. The third kappa shape index (κ3) is 5.40. The quantitative estimate of drug-likeness (QED) is 0.188. The Morgan fingerprint density at radius 2 is 1.45 bits per heavy atom. The number of hydrogen-bond acceptors (Lipinski definition) is 4. The number of allylic oxidation sites excluding steroid dienone is 7.